The van der Waals surface area contributed by atoms with Crippen LogP contribution in [0.2, 0.25) is 15.1 Å². The summed E-state index contributed by atoms with van der Waals surface area (Å²) in [5, 5.41) is 1.34. The maximum absolute atomic E-state index is 13.8. The number of allylic oxidation sites excluding steroid dienone is 2. The lowest BCUT2D eigenvalue weighted by Crippen LogP contribution is -2.38. The Hall–Kier alpha value is -2.92. The fraction of sp³-hybridized carbons (Fsp3) is 0.258. The van der Waals surface area contributed by atoms with Crippen LogP contribution in [0.4, 0.5) is 0 Å². The summed E-state index contributed by atoms with van der Waals surface area (Å²) in [6.07, 6.45) is 1.47. The molecule has 1 unspecified atom stereocenters. The number of carbonyl (C=O) groups excluding carboxylic acids is 2. The quantitative estimate of drug-likeness (QED) is 0.284. The van der Waals surface area contributed by atoms with Crippen molar-refractivity contribution in [1.29, 1.82) is 0 Å². The summed E-state index contributed by atoms with van der Waals surface area (Å²) < 4.78 is 5.75. The highest BCUT2D eigenvalue weighted by atomic mass is 35.5. The molecule has 7 heteroatoms. The predicted molar refractivity (Wildman–Crippen MR) is 152 cm³/mol. The van der Waals surface area contributed by atoms with Gasteiger partial charge in [0.2, 0.25) is 0 Å². The molecule has 5 rings (SSSR count). The van der Waals surface area contributed by atoms with Crippen LogP contribution in [0.3, 0.4) is 0 Å². The number of benzene rings is 3. The second-order valence-electron chi connectivity index (χ2n) is 9.69. The zero-order chi connectivity index (χ0) is 26.8. The summed E-state index contributed by atoms with van der Waals surface area (Å²) in [7, 11) is 0. The van der Waals surface area contributed by atoms with Gasteiger partial charge in [-0.1, -0.05) is 89.4 Å². The van der Waals surface area contributed by atoms with Crippen molar-refractivity contribution in [3.63, 3.8) is 0 Å². The molecule has 1 aliphatic carbocycles. The van der Waals surface area contributed by atoms with Crippen molar-refractivity contribution in [2.75, 3.05) is 6.61 Å². The van der Waals surface area contributed by atoms with E-state index >= 15 is 0 Å². The summed E-state index contributed by atoms with van der Waals surface area (Å²) >= 11 is 19.1. The second kappa shape index (κ2) is 11.4. The maximum atomic E-state index is 13.8. The minimum atomic E-state index is -0.781. The standard InChI is InChI=1S/C31H26Cl3NO3/c1-18-27(31(37)38-15-14-19-6-3-2-4-7-19)28(23-8-5-9-24(33)30(23)34)29-25(35-18)16-21(17-26(29)36)20-10-12-22(32)13-11-20/h2-13,21,27-28H,14-17H2,1H3/t21-,27?,28+/m0/s1. The van der Waals surface area contributed by atoms with Crippen molar-refractivity contribution < 1.29 is 14.3 Å². The minimum absolute atomic E-state index is 0.0278. The molecule has 0 radical (unpaired) electrons. The van der Waals surface area contributed by atoms with Crippen LogP contribution in [0.1, 0.15) is 48.3 Å². The Balaban J connectivity index is 1.49. The molecule has 2 aliphatic rings. The van der Waals surface area contributed by atoms with Gasteiger partial charge in [0.15, 0.2) is 5.78 Å². The molecular formula is C31H26Cl3NO3. The highest BCUT2D eigenvalue weighted by Crippen LogP contribution is 2.49. The fourth-order valence-corrected chi connectivity index (χ4v) is 5.99. The van der Waals surface area contributed by atoms with Gasteiger partial charge in [0.25, 0.3) is 0 Å². The number of ether oxygens (including phenoxy) is 1. The molecular weight excluding hydrogens is 541 g/mol. The van der Waals surface area contributed by atoms with Gasteiger partial charge in [0.1, 0.15) is 5.92 Å². The van der Waals surface area contributed by atoms with E-state index in [0.717, 1.165) is 11.1 Å². The van der Waals surface area contributed by atoms with Crippen LogP contribution in [0.25, 0.3) is 0 Å². The van der Waals surface area contributed by atoms with Gasteiger partial charge in [-0.05, 0) is 54.2 Å². The number of ketones is 1. The molecule has 0 saturated heterocycles. The van der Waals surface area contributed by atoms with E-state index in [1.54, 1.807) is 12.1 Å². The lowest BCUT2D eigenvalue weighted by Gasteiger charge is -2.37. The van der Waals surface area contributed by atoms with Gasteiger partial charge in [0, 0.05) is 40.8 Å². The fourth-order valence-electron chi connectivity index (χ4n) is 5.44. The van der Waals surface area contributed by atoms with E-state index in [0.29, 0.717) is 56.9 Å². The van der Waals surface area contributed by atoms with Crippen molar-refractivity contribution in [3.05, 3.63) is 116 Å². The molecule has 38 heavy (non-hydrogen) atoms. The van der Waals surface area contributed by atoms with E-state index < -0.39 is 17.8 Å². The van der Waals surface area contributed by atoms with Crippen LogP contribution < -0.4 is 0 Å². The topological polar surface area (TPSA) is 55.7 Å². The summed E-state index contributed by atoms with van der Waals surface area (Å²) in [5.74, 6) is -1.92. The second-order valence-corrected chi connectivity index (χ2v) is 10.9. The Morgan fingerprint density at radius 3 is 2.42 bits per heavy atom. The van der Waals surface area contributed by atoms with Crippen LogP contribution in [0, 0.1) is 5.92 Å². The molecule has 1 heterocycles. The van der Waals surface area contributed by atoms with Gasteiger partial charge >= 0.3 is 5.97 Å². The first-order chi connectivity index (χ1) is 18.3. The number of Topliss-reactive ketones (excluding diaryl/α,β-unsaturated/α-hetero) is 1. The summed E-state index contributed by atoms with van der Waals surface area (Å²) in [4.78, 5) is 32.1. The molecule has 4 nitrogen and oxygen atoms in total. The van der Waals surface area contributed by atoms with E-state index in [1.807, 2.05) is 67.6 Å². The van der Waals surface area contributed by atoms with E-state index in [4.69, 9.17) is 44.5 Å². The lowest BCUT2D eigenvalue weighted by atomic mass is 9.69. The Labute approximate surface area is 237 Å². The molecule has 1 aliphatic heterocycles. The van der Waals surface area contributed by atoms with Gasteiger partial charge in [-0.15, -0.1) is 0 Å². The van der Waals surface area contributed by atoms with Gasteiger partial charge in [0.05, 0.1) is 16.7 Å². The lowest BCUT2D eigenvalue weighted by molar-refractivity contribution is -0.146. The van der Waals surface area contributed by atoms with Gasteiger partial charge in [-0.3, -0.25) is 14.6 Å². The van der Waals surface area contributed by atoms with Crippen molar-refractivity contribution in [2.24, 2.45) is 10.9 Å². The number of rotatable bonds is 6. The van der Waals surface area contributed by atoms with Gasteiger partial charge in [-0.25, -0.2) is 0 Å². The smallest absolute Gasteiger partial charge is 0.315 e. The van der Waals surface area contributed by atoms with Crippen molar-refractivity contribution in [3.8, 4) is 0 Å². The average Bonchev–Trinajstić information content (AvgIpc) is 2.90. The summed E-state index contributed by atoms with van der Waals surface area (Å²) in [6.45, 7) is 2.04. The Morgan fingerprint density at radius 1 is 0.947 bits per heavy atom. The van der Waals surface area contributed by atoms with Crippen LogP contribution in [0.5, 0.6) is 0 Å². The number of halogens is 3. The van der Waals surface area contributed by atoms with Crippen LogP contribution >= 0.6 is 34.8 Å². The first-order valence-corrected chi connectivity index (χ1v) is 13.7. The molecule has 3 aromatic carbocycles. The molecule has 0 fully saturated rings. The minimum Gasteiger partial charge on any atom is -0.465 e. The number of hydrogen-bond donors (Lipinski definition) is 0. The van der Waals surface area contributed by atoms with Crippen molar-refractivity contribution in [2.45, 2.75) is 38.0 Å². The summed E-state index contributed by atoms with van der Waals surface area (Å²) in [5.41, 5.74) is 4.54. The number of carbonyl (C=O) groups is 2. The molecule has 0 amide bonds. The monoisotopic (exact) mass is 565 g/mol. The zero-order valence-electron chi connectivity index (χ0n) is 20.8. The molecule has 3 atom stereocenters. The normalized spacial score (nSPS) is 21.1. The highest BCUT2D eigenvalue weighted by molar-refractivity contribution is 6.42. The van der Waals surface area contributed by atoms with E-state index in [1.165, 1.54) is 0 Å². The first kappa shape index (κ1) is 26.7. The molecule has 0 saturated carbocycles. The van der Waals surface area contributed by atoms with Crippen molar-refractivity contribution >= 4 is 52.3 Å². The van der Waals surface area contributed by atoms with E-state index in [-0.39, 0.29) is 18.3 Å². The Kier molecular flexibility index (Phi) is 8.04. The largest absolute Gasteiger partial charge is 0.465 e. The number of aliphatic imine (C=N–C) groups is 1. The molecule has 194 valence electrons. The van der Waals surface area contributed by atoms with Gasteiger partial charge < -0.3 is 4.74 Å². The molecule has 0 aromatic heterocycles. The number of esters is 1. The first-order valence-electron chi connectivity index (χ1n) is 12.5. The third-order valence-electron chi connectivity index (χ3n) is 7.28. The van der Waals surface area contributed by atoms with Gasteiger partial charge in [-0.2, -0.15) is 0 Å². The Morgan fingerprint density at radius 2 is 1.68 bits per heavy atom. The van der Waals surface area contributed by atoms with E-state index in [2.05, 4.69) is 0 Å². The molecule has 0 N–H and O–H groups in total. The van der Waals surface area contributed by atoms with Crippen molar-refractivity contribution in [1.82, 2.24) is 0 Å². The zero-order valence-corrected chi connectivity index (χ0v) is 23.1. The molecule has 3 aromatic rings. The number of hydrogen-bond acceptors (Lipinski definition) is 4. The van der Waals surface area contributed by atoms with Crippen LogP contribution in [-0.4, -0.2) is 24.1 Å². The third-order valence-corrected chi connectivity index (χ3v) is 8.36. The molecule has 0 spiro atoms. The van der Waals surface area contributed by atoms with Crippen LogP contribution in [0.15, 0.2) is 89.1 Å². The van der Waals surface area contributed by atoms with Crippen LogP contribution in [-0.2, 0) is 20.7 Å². The summed E-state index contributed by atoms with van der Waals surface area (Å²) in [6, 6.07) is 22.7. The van der Waals surface area contributed by atoms with E-state index in [9.17, 15) is 9.59 Å². The maximum Gasteiger partial charge on any atom is 0.315 e. The predicted octanol–water partition coefficient (Wildman–Crippen LogP) is 8.01. The SMILES string of the molecule is CC1=NC2=C(C(=O)C[C@@H](c3ccc(Cl)cc3)C2)[C@H](c2cccc(Cl)c2Cl)C1C(=O)OCCc1ccccc1. The Bertz CT molecular complexity index is 1430. The molecule has 0 bridgehead atoms. The average molecular weight is 567 g/mol. The third kappa shape index (κ3) is 5.44. The highest BCUT2D eigenvalue weighted by Gasteiger charge is 2.45. The number of nitrogens with zero attached hydrogens (tertiary/aromatic N) is 1.